The molecule has 0 saturated heterocycles. The summed E-state index contributed by atoms with van der Waals surface area (Å²) >= 11 is 0. The summed E-state index contributed by atoms with van der Waals surface area (Å²) in [6.07, 6.45) is 1.45. The molecule has 7 heteroatoms. The van der Waals surface area contributed by atoms with Crippen LogP contribution in [0.4, 0.5) is 0 Å². The van der Waals surface area contributed by atoms with E-state index in [-0.39, 0.29) is 18.8 Å². The molecule has 0 rings (SSSR count). The van der Waals surface area contributed by atoms with Crippen molar-refractivity contribution in [2.45, 2.75) is 98.5 Å². The Labute approximate surface area is 177 Å². The van der Waals surface area contributed by atoms with Crippen LogP contribution in [0.3, 0.4) is 0 Å². The van der Waals surface area contributed by atoms with Gasteiger partial charge >= 0.3 is 17.9 Å². The van der Waals surface area contributed by atoms with Gasteiger partial charge in [0.1, 0.15) is 5.60 Å². The van der Waals surface area contributed by atoms with Crippen LogP contribution in [0.1, 0.15) is 67.2 Å². The zero-order chi connectivity index (χ0) is 23.3. The fraction of sp³-hybridized carbons (Fsp3) is 0.864. The molecule has 6 nitrogen and oxygen atoms in total. The highest BCUT2D eigenvalue weighted by Gasteiger charge is 2.43. The molecule has 0 amide bonds. The number of carboxylic acid groups (broad SMARTS) is 1. The molecule has 0 aliphatic rings. The number of methoxy groups -OCH3 is 1. The normalized spacial score (nSPS) is 15.9. The Bertz CT molecular complexity index is 591. The second-order valence-electron chi connectivity index (χ2n) is 10.9. The number of rotatable bonds is 12. The van der Waals surface area contributed by atoms with Crippen molar-refractivity contribution >= 4 is 26.0 Å². The Morgan fingerprint density at radius 1 is 1.00 bits per heavy atom. The lowest BCUT2D eigenvalue weighted by Gasteiger charge is -2.35. The minimum absolute atomic E-state index is 0.112. The molecule has 0 aromatic heterocycles. The van der Waals surface area contributed by atoms with Gasteiger partial charge in [0.15, 0.2) is 0 Å². The van der Waals surface area contributed by atoms with Crippen LogP contribution in [0, 0.1) is 16.7 Å². The molecule has 0 saturated carbocycles. The van der Waals surface area contributed by atoms with Crippen LogP contribution in [0.15, 0.2) is 0 Å². The first kappa shape index (κ1) is 27.6. The number of hydrogen-bond acceptors (Lipinski definition) is 5. The van der Waals surface area contributed by atoms with Gasteiger partial charge in [-0.1, -0.05) is 32.6 Å². The number of hydrogen-bond donors (Lipinski definition) is 1. The third kappa shape index (κ3) is 9.32. The Balaban J connectivity index is 5.38. The van der Waals surface area contributed by atoms with Gasteiger partial charge in [-0.05, 0) is 60.3 Å². The summed E-state index contributed by atoms with van der Waals surface area (Å²) in [6, 6.07) is 1.05. The molecule has 0 aliphatic heterocycles. The number of carbonyl (C=O) groups is 3. The predicted octanol–water partition coefficient (Wildman–Crippen LogP) is 5.13. The lowest BCUT2D eigenvalue weighted by molar-refractivity contribution is -0.169. The highest BCUT2D eigenvalue weighted by atomic mass is 28.3. The maximum absolute atomic E-state index is 12.9. The number of ether oxygens (including phenoxy) is 2. The minimum Gasteiger partial charge on any atom is -0.481 e. The monoisotopic (exact) mass is 430 g/mol. The fourth-order valence-corrected chi connectivity index (χ4v) is 4.50. The van der Waals surface area contributed by atoms with Crippen molar-refractivity contribution in [3.8, 4) is 0 Å². The standard InChI is InChI=1S/C22H42O6Si/c1-11-22(6,18(24)25)15-16(17(23)27-7)14-20(2,3)19(26)28-21(4,5)12-13-29(8,9)10/h16H,11-15H2,1-10H3,(H,24,25). The second-order valence-corrected chi connectivity index (χ2v) is 16.6. The third-order valence-corrected chi connectivity index (χ3v) is 7.43. The first-order chi connectivity index (χ1) is 12.9. The molecule has 2 atom stereocenters. The molecule has 0 spiro atoms. The van der Waals surface area contributed by atoms with Gasteiger partial charge < -0.3 is 14.6 Å². The Morgan fingerprint density at radius 3 is 1.90 bits per heavy atom. The molecule has 1 N–H and O–H groups in total. The van der Waals surface area contributed by atoms with Crippen molar-refractivity contribution in [2.24, 2.45) is 16.7 Å². The first-order valence-electron chi connectivity index (χ1n) is 10.4. The molecule has 2 unspecified atom stereocenters. The lowest BCUT2D eigenvalue weighted by Crippen LogP contribution is -2.40. The zero-order valence-electron chi connectivity index (χ0n) is 20.1. The molecule has 0 radical (unpaired) electrons. The molecular weight excluding hydrogens is 388 g/mol. The van der Waals surface area contributed by atoms with E-state index in [2.05, 4.69) is 19.6 Å². The van der Waals surface area contributed by atoms with Crippen LogP contribution in [-0.4, -0.2) is 43.8 Å². The number of esters is 2. The highest BCUT2D eigenvalue weighted by Crippen LogP contribution is 2.38. The Morgan fingerprint density at radius 2 is 1.52 bits per heavy atom. The van der Waals surface area contributed by atoms with Crippen molar-refractivity contribution in [3.63, 3.8) is 0 Å². The summed E-state index contributed by atoms with van der Waals surface area (Å²) in [7, 11) is 0.0221. The quantitative estimate of drug-likeness (QED) is 0.341. The van der Waals surface area contributed by atoms with Gasteiger partial charge in [-0.15, -0.1) is 0 Å². The molecule has 0 fully saturated rings. The molecule has 0 aromatic carbocycles. The maximum Gasteiger partial charge on any atom is 0.312 e. The molecule has 29 heavy (non-hydrogen) atoms. The number of carboxylic acids is 1. The zero-order valence-corrected chi connectivity index (χ0v) is 21.1. The summed E-state index contributed by atoms with van der Waals surface area (Å²) in [5.74, 6) is -2.53. The highest BCUT2D eigenvalue weighted by molar-refractivity contribution is 6.76. The molecule has 0 aromatic rings. The second kappa shape index (κ2) is 10.1. The Hall–Kier alpha value is -1.37. The van der Waals surface area contributed by atoms with Gasteiger partial charge in [0, 0.05) is 8.07 Å². The van der Waals surface area contributed by atoms with Crippen molar-refractivity contribution in [2.75, 3.05) is 7.11 Å². The summed E-state index contributed by atoms with van der Waals surface area (Å²) in [5.41, 5.74) is -2.59. The largest absolute Gasteiger partial charge is 0.481 e. The fourth-order valence-electron chi connectivity index (χ4n) is 3.15. The van der Waals surface area contributed by atoms with Crippen LogP contribution in [-0.2, 0) is 23.9 Å². The average Bonchev–Trinajstić information content (AvgIpc) is 2.57. The van der Waals surface area contributed by atoms with E-state index in [0.29, 0.717) is 6.42 Å². The number of aliphatic carboxylic acids is 1. The maximum atomic E-state index is 12.9. The van der Waals surface area contributed by atoms with E-state index in [1.807, 2.05) is 13.8 Å². The van der Waals surface area contributed by atoms with Gasteiger partial charge in [-0.3, -0.25) is 14.4 Å². The first-order valence-corrected chi connectivity index (χ1v) is 14.1. The Kier molecular flexibility index (Phi) is 9.61. The van der Waals surface area contributed by atoms with E-state index in [4.69, 9.17) is 9.47 Å². The molecule has 170 valence electrons. The average molecular weight is 431 g/mol. The molecule has 0 bridgehead atoms. The van der Waals surface area contributed by atoms with Gasteiger partial charge in [0.2, 0.25) is 0 Å². The molecule has 0 heterocycles. The van der Waals surface area contributed by atoms with Gasteiger partial charge in [0.05, 0.1) is 23.9 Å². The summed E-state index contributed by atoms with van der Waals surface area (Å²) < 4.78 is 10.7. The van der Waals surface area contributed by atoms with Crippen LogP contribution in [0.2, 0.25) is 25.7 Å². The van der Waals surface area contributed by atoms with Crippen LogP contribution >= 0.6 is 0 Å². The lowest BCUT2D eigenvalue weighted by atomic mass is 9.73. The van der Waals surface area contributed by atoms with Gasteiger partial charge in [-0.2, -0.15) is 0 Å². The topological polar surface area (TPSA) is 89.9 Å². The third-order valence-electron chi connectivity index (χ3n) is 5.68. The SMILES string of the molecule is CCC(C)(CC(CC(C)(C)C(=O)OC(C)(C)CC[Si](C)(C)C)C(=O)OC)C(=O)O. The van der Waals surface area contributed by atoms with Crippen molar-refractivity contribution in [1.29, 1.82) is 0 Å². The van der Waals surface area contributed by atoms with E-state index < -0.39 is 42.4 Å². The van der Waals surface area contributed by atoms with Crippen LogP contribution in [0.5, 0.6) is 0 Å². The number of carbonyl (C=O) groups excluding carboxylic acids is 2. The molecular formula is C22H42O6Si. The summed E-state index contributed by atoms with van der Waals surface area (Å²) in [4.78, 5) is 37.0. The van der Waals surface area contributed by atoms with Crippen LogP contribution < -0.4 is 0 Å². The van der Waals surface area contributed by atoms with E-state index in [1.54, 1.807) is 27.7 Å². The van der Waals surface area contributed by atoms with E-state index in [0.717, 1.165) is 12.5 Å². The minimum atomic E-state index is -1.26. The van der Waals surface area contributed by atoms with E-state index in [9.17, 15) is 19.5 Å². The van der Waals surface area contributed by atoms with E-state index in [1.165, 1.54) is 7.11 Å². The van der Waals surface area contributed by atoms with Gasteiger partial charge in [0.25, 0.3) is 0 Å². The summed E-state index contributed by atoms with van der Waals surface area (Å²) in [6.45, 7) is 17.6. The van der Waals surface area contributed by atoms with Crippen molar-refractivity contribution < 1.29 is 29.0 Å². The molecule has 0 aliphatic carbocycles. The smallest absolute Gasteiger partial charge is 0.312 e. The summed E-state index contributed by atoms with van der Waals surface area (Å²) in [5, 5.41) is 9.58. The van der Waals surface area contributed by atoms with Crippen LogP contribution in [0.25, 0.3) is 0 Å². The predicted molar refractivity (Wildman–Crippen MR) is 117 cm³/mol. The van der Waals surface area contributed by atoms with Crippen molar-refractivity contribution in [3.05, 3.63) is 0 Å². The van der Waals surface area contributed by atoms with Crippen molar-refractivity contribution in [1.82, 2.24) is 0 Å². The van der Waals surface area contributed by atoms with E-state index >= 15 is 0 Å². The van der Waals surface area contributed by atoms with Gasteiger partial charge in [-0.25, -0.2) is 0 Å².